The van der Waals surface area contributed by atoms with E-state index in [1.807, 2.05) is 6.08 Å². The number of hydrogen-bond donors (Lipinski definition) is 0. The van der Waals surface area contributed by atoms with Gasteiger partial charge in [-0.3, -0.25) is 4.79 Å². The summed E-state index contributed by atoms with van der Waals surface area (Å²) >= 11 is 0. The Bertz CT molecular complexity index is 611. The molecule has 0 amide bonds. The van der Waals surface area contributed by atoms with Gasteiger partial charge in [0.1, 0.15) is 5.76 Å². The van der Waals surface area contributed by atoms with E-state index in [1.54, 1.807) is 0 Å². The monoisotopic (exact) mass is 256 g/mol. The first-order valence-electron chi connectivity index (χ1n) is 6.80. The van der Waals surface area contributed by atoms with Gasteiger partial charge < -0.3 is 4.74 Å². The summed E-state index contributed by atoms with van der Waals surface area (Å²) in [6.45, 7) is 10.5. The lowest BCUT2D eigenvalue weighted by atomic mass is 9.72. The minimum absolute atomic E-state index is 0.0392. The number of carbonyl (C=O) groups is 1. The van der Waals surface area contributed by atoms with Crippen LogP contribution in [0.3, 0.4) is 0 Å². The summed E-state index contributed by atoms with van der Waals surface area (Å²) in [6, 6.07) is 0. The number of hydrogen-bond acceptors (Lipinski definition) is 2. The van der Waals surface area contributed by atoms with E-state index in [9.17, 15) is 4.79 Å². The van der Waals surface area contributed by atoms with Crippen molar-refractivity contribution in [2.75, 3.05) is 0 Å². The molecule has 2 heteroatoms. The number of carbonyl (C=O) groups excluding carboxylic acids is 1. The highest BCUT2D eigenvalue weighted by Gasteiger charge is 2.53. The third-order valence-corrected chi connectivity index (χ3v) is 5.11. The van der Waals surface area contributed by atoms with Crippen LogP contribution in [-0.4, -0.2) is 5.97 Å². The van der Waals surface area contributed by atoms with Gasteiger partial charge in [0.2, 0.25) is 0 Å². The zero-order chi connectivity index (χ0) is 14.0. The minimum Gasteiger partial charge on any atom is -0.427 e. The van der Waals surface area contributed by atoms with Gasteiger partial charge in [-0.2, -0.15) is 0 Å². The summed E-state index contributed by atoms with van der Waals surface area (Å²) in [5.41, 5.74) is 5.64. The molecule has 1 atom stereocenters. The summed E-state index contributed by atoms with van der Waals surface area (Å²) < 4.78 is 5.32. The second kappa shape index (κ2) is 3.50. The van der Waals surface area contributed by atoms with Crippen molar-refractivity contribution >= 4 is 5.97 Å². The van der Waals surface area contributed by atoms with Crippen LogP contribution in [0.1, 0.15) is 41.0 Å². The van der Waals surface area contributed by atoms with E-state index >= 15 is 0 Å². The van der Waals surface area contributed by atoms with Gasteiger partial charge in [-0.1, -0.05) is 31.1 Å². The highest BCUT2D eigenvalue weighted by atomic mass is 16.5. The van der Waals surface area contributed by atoms with Gasteiger partial charge in [-0.25, -0.2) is 0 Å². The van der Waals surface area contributed by atoms with Gasteiger partial charge in [-0.05, 0) is 43.6 Å². The fourth-order valence-electron chi connectivity index (χ4n) is 3.88. The zero-order valence-electron chi connectivity index (χ0n) is 12.3. The van der Waals surface area contributed by atoms with Crippen LogP contribution >= 0.6 is 0 Å². The number of ether oxygens (including phenoxy) is 1. The number of rotatable bonds is 1. The lowest BCUT2D eigenvalue weighted by Gasteiger charge is -2.31. The van der Waals surface area contributed by atoms with Crippen molar-refractivity contribution in [1.82, 2.24) is 0 Å². The Kier molecular flexibility index (Phi) is 2.30. The van der Waals surface area contributed by atoms with E-state index in [4.69, 9.17) is 4.74 Å². The van der Waals surface area contributed by atoms with Crippen molar-refractivity contribution in [1.29, 1.82) is 0 Å². The fraction of sp³-hybridized carbons (Fsp3) is 0.471. The molecule has 0 aromatic carbocycles. The molecular formula is C17H20O2. The van der Waals surface area contributed by atoms with Gasteiger partial charge in [0.15, 0.2) is 0 Å². The van der Waals surface area contributed by atoms with E-state index in [0.29, 0.717) is 5.76 Å². The van der Waals surface area contributed by atoms with Crippen LogP contribution in [0.4, 0.5) is 0 Å². The van der Waals surface area contributed by atoms with Crippen LogP contribution in [0.2, 0.25) is 0 Å². The highest BCUT2D eigenvalue weighted by molar-refractivity contribution is 5.69. The Morgan fingerprint density at radius 3 is 2.53 bits per heavy atom. The predicted octanol–water partition coefficient (Wildman–Crippen LogP) is 4.07. The molecule has 0 fully saturated rings. The summed E-state index contributed by atoms with van der Waals surface area (Å²) in [5, 5.41) is 0. The first-order chi connectivity index (χ1) is 8.77. The Hall–Kier alpha value is -1.57. The Morgan fingerprint density at radius 1 is 1.21 bits per heavy atom. The quantitative estimate of drug-likeness (QED) is 0.522. The molecule has 1 unspecified atom stereocenters. The molecule has 3 rings (SSSR count). The van der Waals surface area contributed by atoms with E-state index in [1.165, 1.54) is 29.2 Å². The van der Waals surface area contributed by atoms with Gasteiger partial charge in [-0.15, -0.1) is 0 Å². The normalized spacial score (nSPS) is 30.7. The third-order valence-electron chi connectivity index (χ3n) is 5.11. The first-order valence-corrected chi connectivity index (χ1v) is 6.80. The van der Waals surface area contributed by atoms with Crippen molar-refractivity contribution in [3.8, 4) is 0 Å². The van der Waals surface area contributed by atoms with Crippen molar-refractivity contribution < 1.29 is 9.53 Å². The average Bonchev–Trinajstić information content (AvgIpc) is 2.64. The van der Waals surface area contributed by atoms with Gasteiger partial charge in [0.05, 0.1) is 0 Å². The van der Waals surface area contributed by atoms with Crippen LogP contribution < -0.4 is 0 Å². The molecule has 2 nitrogen and oxygen atoms in total. The molecule has 1 spiro atoms. The maximum Gasteiger partial charge on any atom is 0.308 e. The highest BCUT2D eigenvalue weighted by Crippen LogP contribution is 2.65. The Morgan fingerprint density at radius 2 is 1.89 bits per heavy atom. The predicted molar refractivity (Wildman–Crippen MR) is 75.2 cm³/mol. The van der Waals surface area contributed by atoms with Crippen molar-refractivity contribution in [2.45, 2.75) is 41.0 Å². The van der Waals surface area contributed by atoms with Gasteiger partial charge >= 0.3 is 5.97 Å². The molecule has 3 aliphatic rings. The standard InChI is InChI=1S/C17H20O2/c1-10-11(2)17-8-13(7-15(17)16(10,4)5)6-14(9-17)19-12(3)18/h6-7,9H,8H2,1-5H3. The second-order valence-corrected chi connectivity index (χ2v) is 6.44. The summed E-state index contributed by atoms with van der Waals surface area (Å²) in [5.74, 6) is 0.447. The van der Waals surface area contributed by atoms with Crippen LogP contribution in [0.15, 0.2) is 46.3 Å². The summed E-state index contributed by atoms with van der Waals surface area (Å²) in [4.78, 5) is 11.2. The maximum atomic E-state index is 11.2. The molecule has 3 aliphatic carbocycles. The van der Waals surface area contributed by atoms with Crippen molar-refractivity contribution in [3.05, 3.63) is 46.3 Å². The molecule has 0 aromatic rings. The van der Waals surface area contributed by atoms with E-state index < -0.39 is 0 Å². The molecule has 2 bridgehead atoms. The lowest BCUT2D eigenvalue weighted by Crippen LogP contribution is -2.22. The smallest absolute Gasteiger partial charge is 0.308 e. The number of fused-ring (bicyclic) bond motifs is 1. The van der Waals surface area contributed by atoms with Crippen LogP contribution in [-0.2, 0) is 9.53 Å². The first kappa shape index (κ1) is 12.5. The average molecular weight is 256 g/mol. The van der Waals surface area contributed by atoms with E-state index in [0.717, 1.165) is 6.42 Å². The SMILES string of the molecule is CC(=O)OC1=CC23CC(=C1)C=C2C(C)(C)C(C)=C3C. The fourth-order valence-corrected chi connectivity index (χ4v) is 3.88. The Balaban J connectivity index is 2.15. The van der Waals surface area contributed by atoms with E-state index in [-0.39, 0.29) is 16.8 Å². The Labute approximate surface area is 114 Å². The minimum atomic E-state index is -0.252. The molecule has 0 aliphatic heterocycles. The molecular weight excluding hydrogens is 236 g/mol. The number of esters is 1. The van der Waals surface area contributed by atoms with Crippen LogP contribution in [0.25, 0.3) is 0 Å². The largest absolute Gasteiger partial charge is 0.427 e. The molecule has 100 valence electrons. The molecule has 0 saturated carbocycles. The molecule has 0 heterocycles. The van der Waals surface area contributed by atoms with Gasteiger partial charge in [0.25, 0.3) is 0 Å². The van der Waals surface area contributed by atoms with Crippen molar-refractivity contribution in [2.24, 2.45) is 10.8 Å². The zero-order valence-corrected chi connectivity index (χ0v) is 12.3. The molecule has 0 radical (unpaired) electrons. The van der Waals surface area contributed by atoms with Crippen LogP contribution in [0, 0.1) is 10.8 Å². The third kappa shape index (κ3) is 1.46. The second-order valence-electron chi connectivity index (χ2n) is 6.44. The lowest BCUT2D eigenvalue weighted by molar-refractivity contribution is -0.136. The molecule has 0 N–H and O–H groups in total. The van der Waals surface area contributed by atoms with Crippen LogP contribution in [0.5, 0.6) is 0 Å². The van der Waals surface area contributed by atoms with E-state index in [2.05, 4.69) is 39.8 Å². The molecule has 19 heavy (non-hydrogen) atoms. The van der Waals surface area contributed by atoms with Crippen molar-refractivity contribution in [3.63, 3.8) is 0 Å². The summed E-state index contributed by atoms with van der Waals surface area (Å²) in [7, 11) is 0. The number of allylic oxidation sites excluding steroid dienone is 7. The summed E-state index contributed by atoms with van der Waals surface area (Å²) in [6.07, 6.45) is 7.45. The maximum absolute atomic E-state index is 11.2. The topological polar surface area (TPSA) is 26.3 Å². The molecule has 0 saturated heterocycles. The van der Waals surface area contributed by atoms with Gasteiger partial charge in [0, 0.05) is 17.8 Å². The molecule has 0 aromatic heterocycles.